The average Bonchev–Trinajstić information content (AvgIpc) is 2.40. The van der Waals surface area contributed by atoms with Gasteiger partial charge in [0.25, 0.3) is 0 Å². The van der Waals surface area contributed by atoms with Crippen LogP contribution in [0.1, 0.15) is 19.4 Å². The van der Waals surface area contributed by atoms with E-state index in [0.717, 1.165) is 15.7 Å². The van der Waals surface area contributed by atoms with Gasteiger partial charge in [0.15, 0.2) is 0 Å². The van der Waals surface area contributed by atoms with Gasteiger partial charge in [0, 0.05) is 21.6 Å². The third kappa shape index (κ3) is 2.54. The van der Waals surface area contributed by atoms with Gasteiger partial charge in [0.2, 0.25) is 0 Å². The maximum absolute atomic E-state index is 4.48. The Labute approximate surface area is 117 Å². The topological polar surface area (TPSA) is 12.9 Å². The highest BCUT2D eigenvalue weighted by Crippen LogP contribution is 2.33. The summed E-state index contributed by atoms with van der Waals surface area (Å²) in [6, 6.07) is 12.3. The van der Waals surface area contributed by atoms with Crippen LogP contribution >= 0.6 is 15.9 Å². The molecular formula is C16H16BrN. The predicted octanol–water partition coefficient (Wildman–Crippen LogP) is 4.97. The lowest BCUT2D eigenvalue weighted by Gasteiger charge is -2.22. The summed E-state index contributed by atoms with van der Waals surface area (Å²) in [5.74, 6) is 0. The second-order valence-corrected chi connectivity index (χ2v) is 5.70. The van der Waals surface area contributed by atoms with E-state index in [2.05, 4.69) is 59.5 Å². The molecule has 0 aliphatic carbocycles. The molecule has 0 unspecified atom stereocenters. The molecule has 2 heteroatoms. The van der Waals surface area contributed by atoms with Crippen molar-refractivity contribution in [3.8, 4) is 11.3 Å². The molecule has 1 aromatic heterocycles. The summed E-state index contributed by atoms with van der Waals surface area (Å²) in [6.45, 7) is 8.21. The Kier molecular flexibility index (Phi) is 3.67. The fourth-order valence-corrected chi connectivity index (χ4v) is 2.54. The highest BCUT2D eigenvalue weighted by atomic mass is 79.9. The number of pyridine rings is 1. The predicted molar refractivity (Wildman–Crippen MR) is 80.6 cm³/mol. The first-order valence-electron chi connectivity index (χ1n) is 5.89. The Bertz CT molecular complexity index is 559. The normalized spacial score (nSPS) is 11.3. The van der Waals surface area contributed by atoms with Crippen LogP contribution in [0, 0.1) is 0 Å². The van der Waals surface area contributed by atoms with Crippen LogP contribution in [0.5, 0.6) is 0 Å². The van der Waals surface area contributed by atoms with Gasteiger partial charge < -0.3 is 0 Å². The summed E-state index contributed by atoms with van der Waals surface area (Å²) in [6.07, 6.45) is 3.82. The van der Waals surface area contributed by atoms with E-state index in [1.54, 1.807) is 0 Å². The van der Waals surface area contributed by atoms with E-state index in [9.17, 15) is 0 Å². The monoisotopic (exact) mass is 301 g/mol. The van der Waals surface area contributed by atoms with E-state index in [-0.39, 0.29) is 5.41 Å². The van der Waals surface area contributed by atoms with Crippen LogP contribution in [0.3, 0.4) is 0 Å². The zero-order valence-corrected chi connectivity index (χ0v) is 12.2. The zero-order chi connectivity index (χ0) is 13.2. The lowest BCUT2D eigenvalue weighted by molar-refractivity contribution is 0.667. The number of benzene rings is 1. The molecule has 0 bridgehead atoms. The number of hydrogen-bond acceptors (Lipinski definition) is 1. The van der Waals surface area contributed by atoms with Crippen LogP contribution in [0.2, 0.25) is 0 Å². The Balaban J connectivity index is 2.54. The molecule has 0 saturated heterocycles. The molecule has 0 saturated carbocycles. The van der Waals surface area contributed by atoms with Gasteiger partial charge in [-0.25, -0.2) is 0 Å². The third-order valence-electron chi connectivity index (χ3n) is 3.13. The van der Waals surface area contributed by atoms with Crippen molar-refractivity contribution in [3.63, 3.8) is 0 Å². The second kappa shape index (κ2) is 5.07. The molecule has 1 nitrogen and oxygen atoms in total. The average molecular weight is 302 g/mol. The van der Waals surface area contributed by atoms with Crippen molar-refractivity contribution in [2.24, 2.45) is 0 Å². The van der Waals surface area contributed by atoms with Crippen molar-refractivity contribution in [2.75, 3.05) is 0 Å². The molecule has 0 amide bonds. The van der Waals surface area contributed by atoms with Crippen molar-refractivity contribution < 1.29 is 0 Å². The van der Waals surface area contributed by atoms with Gasteiger partial charge >= 0.3 is 0 Å². The SMILES string of the molecule is C=CC(C)(C)c1cc(-c2ccccc2)ncc1Br. The molecule has 0 aliphatic rings. The van der Waals surface area contributed by atoms with Crippen LogP contribution < -0.4 is 0 Å². The van der Waals surface area contributed by atoms with Crippen molar-refractivity contribution in [1.82, 2.24) is 4.98 Å². The molecular weight excluding hydrogens is 286 g/mol. The minimum Gasteiger partial charge on any atom is -0.255 e. The smallest absolute Gasteiger partial charge is 0.0705 e. The van der Waals surface area contributed by atoms with Crippen molar-refractivity contribution in [1.29, 1.82) is 0 Å². The molecule has 92 valence electrons. The number of aromatic nitrogens is 1. The maximum Gasteiger partial charge on any atom is 0.0705 e. The van der Waals surface area contributed by atoms with Gasteiger partial charge in [0.1, 0.15) is 0 Å². The first kappa shape index (κ1) is 13.0. The van der Waals surface area contributed by atoms with Crippen molar-refractivity contribution >= 4 is 15.9 Å². The first-order chi connectivity index (χ1) is 8.54. The summed E-state index contributed by atoms with van der Waals surface area (Å²) in [5.41, 5.74) is 3.24. The summed E-state index contributed by atoms with van der Waals surface area (Å²) in [5, 5.41) is 0. The second-order valence-electron chi connectivity index (χ2n) is 4.84. The van der Waals surface area contributed by atoms with Crippen LogP contribution in [0.25, 0.3) is 11.3 Å². The van der Waals surface area contributed by atoms with Crippen LogP contribution in [-0.4, -0.2) is 4.98 Å². The molecule has 0 N–H and O–H groups in total. The Morgan fingerprint density at radius 2 is 1.89 bits per heavy atom. The van der Waals surface area contributed by atoms with Gasteiger partial charge in [0.05, 0.1) is 5.69 Å². The molecule has 0 aliphatic heterocycles. The molecule has 0 radical (unpaired) electrons. The van der Waals surface area contributed by atoms with Gasteiger partial charge in [-0.1, -0.05) is 50.3 Å². The summed E-state index contributed by atoms with van der Waals surface area (Å²) >= 11 is 3.57. The lowest BCUT2D eigenvalue weighted by Crippen LogP contribution is -2.14. The van der Waals surface area contributed by atoms with E-state index in [1.807, 2.05) is 30.5 Å². The molecule has 1 aromatic carbocycles. The van der Waals surface area contributed by atoms with E-state index in [4.69, 9.17) is 0 Å². The maximum atomic E-state index is 4.48. The number of hydrogen-bond donors (Lipinski definition) is 0. The van der Waals surface area contributed by atoms with Gasteiger partial charge in [-0.15, -0.1) is 6.58 Å². The van der Waals surface area contributed by atoms with E-state index in [1.165, 1.54) is 5.56 Å². The van der Waals surface area contributed by atoms with Gasteiger partial charge in [-0.2, -0.15) is 0 Å². The fourth-order valence-electron chi connectivity index (χ4n) is 1.81. The highest BCUT2D eigenvalue weighted by Gasteiger charge is 2.20. The molecule has 2 rings (SSSR count). The summed E-state index contributed by atoms with van der Waals surface area (Å²) in [4.78, 5) is 4.48. The van der Waals surface area contributed by atoms with E-state index in [0.29, 0.717) is 0 Å². The first-order valence-corrected chi connectivity index (χ1v) is 6.69. The van der Waals surface area contributed by atoms with E-state index >= 15 is 0 Å². The van der Waals surface area contributed by atoms with Crippen LogP contribution in [-0.2, 0) is 5.41 Å². The summed E-state index contributed by atoms with van der Waals surface area (Å²) in [7, 11) is 0. The molecule has 0 fully saturated rings. The standard InChI is InChI=1S/C16H16BrN/c1-4-16(2,3)13-10-15(18-11-14(13)17)12-8-6-5-7-9-12/h4-11H,1H2,2-3H3. The Morgan fingerprint density at radius 1 is 1.22 bits per heavy atom. The number of allylic oxidation sites excluding steroid dienone is 1. The van der Waals surface area contributed by atoms with Crippen molar-refractivity contribution in [3.05, 3.63) is 65.3 Å². The lowest BCUT2D eigenvalue weighted by atomic mass is 9.85. The molecule has 0 atom stereocenters. The molecule has 0 spiro atoms. The van der Waals surface area contributed by atoms with E-state index < -0.39 is 0 Å². The van der Waals surface area contributed by atoms with Gasteiger partial charge in [-0.3, -0.25) is 4.98 Å². The zero-order valence-electron chi connectivity index (χ0n) is 10.7. The Morgan fingerprint density at radius 3 is 2.50 bits per heavy atom. The minimum atomic E-state index is -0.0781. The largest absolute Gasteiger partial charge is 0.255 e. The van der Waals surface area contributed by atoms with Crippen LogP contribution in [0.15, 0.2) is 59.7 Å². The third-order valence-corrected chi connectivity index (χ3v) is 3.76. The molecule has 1 heterocycles. The molecule has 2 aromatic rings. The molecule has 18 heavy (non-hydrogen) atoms. The van der Waals surface area contributed by atoms with Gasteiger partial charge in [-0.05, 0) is 27.6 Å². The quantitative estimate of drug-likeness (QED) is 0.729. The highest BCUT2D eigenvalue weighted by molar-refractivity contribution is 9.10. The minimum absolute atomic E-state index is 0.0781. The van der Waals surface area contributed by atoms with Crippen LogP contribution in [0.4, 0.5) is 0 Å². The Hall–Kier alpha value is -1.41. The number of halogens is 1. The number of nitrogens with zero attached hydrogens (tertiary/aromatic N) is 1. The fraction of sp³-hybridized carbons (Fsp3) is 0.188. The van der Waals surface area contributed by atoms with Crippen molar-refractivity contribution in [2.45, 2.75) is 19.3 Å². The number of rotatable bonds is 3. The summed E-state index contributed by atoms with van der Waals surface area (Å²) < 4.78 is 1.02.